The van der Waals surface area contributed by atoms with E-state index in [1.807, 2.05) is 24.3 Å². The van der Waals surface area contributed by atoms with E-state index in [1.54, 1.807) is 25.0 Å². The van der Waals surface area contributed by atoms with Crippen LogP contribution in [0.15, 0.2) is 42.5 Å². The average Bonchev–Trinajstić information content (AvgIpc) is 2.61. The SMILES string of the molecule is COC(=O)[C@H](C)N(Cc1cccc(OC)c1)c1ccc(F)c(Cl)c1. The molecule has 24 heavy (non-hydrogen) atoms. The molecule has 0 saturated carbocycles. The quantitative estimate of drug-likeness (QED) is 0.736. The summed E-state index contributed by atoms with van der Waals surface area (Å²) < 4.78 is 23.5. The number of esters is 1. The van der Waals surface area contributed by atoms with E-state index in [-0.39, 0.29) is 5.02 Å². The van der Waals surface area contributed by atoms with Crippen LogP contribution in [0, 0.1) is 5.82 Å². The van der Waals surface area contributed by atoms with Crippen molar-refractivity contribution in [3.05, 3.63) is 58.9 Å². The number of methoxy groups -OCH3 is 2. The van der Waals surface area contributed by atoms with Crippen molar-refractivity contribution in [2.24, 2.45) is 0 Å². The fraction of sp³-hybridized carbons (Fsp3) is 0.278. The van der Waals surface area contributed by atoms with Crippen molar-refractivity contribution in [1.29, 1.82) is 0 Å². The van der Waals surface area contributed by atoms with E-state index < -0.39 is 17.8 Å². The van der Waals surface area contributed by atoms with Gasteiger partial charge in [0.05, 0.1) is 19.2 Å². The fourth-order valence-electron chi connectivity index (χ4n) is 2.38. The topological polar surface area (TPSA) is 38.8 Å². The second-order valence-corrected chi connectivity index (χ2v) is 5.68. The molecule has 6 heteroatoms. The summed E-state index contributed by atoms with van der Waals surface area (Å²) in [5.74, 6) is -0.180. The largest absolute Gasteiger partial charge is 0.497 e. The van der Waals surface area contributed by atoms with Gasteiger partial charge in [0.2, 0.25) is 0 Å². The molecule has 0 amide bonds. The number of ether oxygens (including phenoxy) is 2. The van der Waals surface area contributed by atoms with Crippen molar-refractivity contribution in [2.75, 3.05) is 19.1 Å². The van der Waals surface area contributed by atoms with E-state index in [9.17, 15) is 9.18 Å². The summed E-state index contributed by atoms with van der Waals surface area (Å²) in [6, 6.07) is 11.3. The van der Waals surface area contributed by atoms with Crippen LogP contribution in [0.3, 0.4) is 0 Å². The van der Waals surface area contributed by atoms with Crippen molar-refractivity contribution in [1.82, 2.24) is 0 Å². The van der Waals surface area contributed by atoms with Crippen LogP contribution < -0.4 is 9.64 Å². The molecule has 0 aliphatic rings. The lowest BCUT2D eigenvalue weighted by molar-refractivity contribution is -0.141. The number of rotatable bonds is 6. The molecule has 0 unspecified atom stereocenters. The molecule has 2 aromatic rings. The van der Waals surface area contributed by atoms with Gasteiger partial charge in [-0.1, -0.05) is 23.7 Å². The highest BCUT2D eigenvalue weighted by Gasteiger charge is 2.23. The van der Waals surface area contributed by atoms with E-state index in [1.165, 1.54) is 19.2 Å². The third-order valence-corrected chi connectivity index (χ3v) is 4.02. The minimum absolute atomic E-state index is 0.000193. The molecule has 0 aliphatic heterocycles. The van der Waals surface area contributed by atoms with Crippen molar-refractivity contribution in [3.8, 4) is 5.75 Å². The van der Waals surface area contributed by atoms with E-state index >= 15 is 0 Å². The van der Waals surface area contributed by atoms with Gasteiger partial charge in [-0.25, -0.2) is 9.18 Å². The van der Waals surface area contributed by atoms with Gasteiger partial charge in [0.1, 0.15) is 17.6 Å². The Hall–Kier alpha value is -2.27. The molecule has 1 atom stereocenters. The number of benzene rings is 2. The zero-order valence-electron chi connectivity index (χ0n) is 13.8. The lowest BCUT2D eigenvalue weighted by atomic mass is 10.1. The maximum absolute atomic E-state index is 13.5. The third kappa shape index (κ3) is 4.17. The summed E-state index contributed by atoms with van der Waals surface area (Å²) in [4.78, 5) is 13.8. The van der Waals surface area contributed by atoms with Gasteiger partial charge in [-0.05, 0) is 42.8 Å². The van der Waals surface area contributed by atoms with Gasteiger partial charge in [0, 0.05) is 12.2 Å². The smallest absolute Gasteiger partial charge is 0.328 e. The monoisotopic (exact) mass is 351 g/mol. The van der Waals surface area contributed by atoms with Crippen LogP contribution in [0.25, 0.3) is 0 Å². The van der Waals surface area contributed by atoms with Crippen LogP contribution in [0.4, 0.5) is 10.1 Å². The van der Waals surface area contributed by atoms with Crippen molar-refractivity contribution < 1.29 is 18.7 Å². The number of hydrogen-bond donors (Lipinski definition) is 0. The Morgan fingerprint density at radius 1 is 1.25 bits per heavy atom. The van der Waals surface area contributed by atoms with Crippen LogP contribution in [-0.4, -0.2) is 26.2 Å². The number of carbonyl (C=O) groups excluding carboxylic acids is 1. The zero-order chi connectivity index (χ0) is 17.7. The molecular weight excluding hydrogens is 333 g/mol. The highest BCUT2D eigenvalue weighted by atomic mass is 35.5. The van der Waals surface area contributed by atoms with Crippen LogP contribution in [-0.2, 0) is 16.1 Å². The normalized spacial score (nSPS) is 11.7. The molecule has 0 spiro atoms. The first-order chi connectivity index (χ1) is 11.5. The number of anilines is 1. The molecule has 2 rings (SSSR count). The van der Waals surface area contributed by atoms with Gasteiger partial charge in [0.15, 0.2) is 0 Å². The lowest BCUT2D eigenvalue weighted by Gasteiger charge is -2.30. The summed E-state index contributed by atoms with van der Waals surface area (Å²) in [7, 11) is 2.92. The average molecular weight is 352 g/mol. The van der Waals surface area contributed by atoms with Crippen LogP contribution in [0.5, 0.6) is 5.75 Å². The number of carbonyl (C=O) groups is 1. The number of hydrogen-bond acceptors (Lipinski definition) is 4. The predicted molar refractivity (Wildman–Crippen MR) is 92.1 cm³/mol. The first kappa shape index (κ1) is 18.1. The minimum Gasteiger partial charge on any atom is -0.497 e. The summed E-state index contributed by atoms with van der Waals surface area (Å²) >= 11 is 5.89. The van der Waals surface area contributed by atoms with E-state index in [0.717, 1.165) is 11.3 Å². The number of halogens is 2. The van der Waals surface area contributed by atoms with Crippen LogP contribution in [0.1, 0.15) is 12.5 Å². The van der Waals surface area contributed by atoms with Crippen molar-refractivity contribution in [2.45, 2.75) is 19.5 Å². The Balaban J connectivity index is 2.38. The Labute approximate surface area is 145 Å². The summed E-state index contributed by atoms with van der Waals surface area (Å²) in [5, 5.41) is 0.000193. The highest BCUT2D eigenvalue weighted by molar-refractivity contribution is 6.31. The molecule has 4 nitrogen and oxygen atoms in total. The molecule has 0 aromatic heterocycles. The van der Waals surface area contributed by atoms with Gasteiger partial charge < -0.3 is 14.4 Å². The molecule has 0 heterocycles. The van der Waals surface area contributed by atoms with Crippen molar-refractivity contribution >= 4 is 23.3 Å². The molecule has 0 saturated heterocycles. The van der Waals surface area contributed by atoms with E-state index in [0.29, 0.717) is 12.2 Å². The van der Waals surface area contributed by atoms with E-state index in [2.05, 4.69) is 0 Å². The fourth-order valence-corrected chi connectivity index (χ4v) is 2.56. The standard InChI is InChI=1S/C18H19ClFNO3/c1-12(18(22)24-3)21(14-7-8-17(20)16(19)10-14)11-13-5-4-6-15(9-13)23-2/h4-10,12H,11H2,1-3H3/t12-/m0/s1. The molecule has 0 fully saturated rings. The molecule has 0 bridgehead atoms. The Bertz CT molecular complexity index is 723. The van der Waals surface area contributed by atoms with Gasteiger partial charge in [-0.15, -0.1) is 0 Å². The first-order valence-corrected chi connectivity index (χ1v) is 7.76. The van der Waals surface area contributed by atoms with Crippen LogP contribution >= 0.6 is 11.6 Å². The predicted octanol–water partition coefficient (Wildman–Crippen LogP) is 4.06. The maximum atomic E-state index is 13.5. The Kier molecular flexibility index (Phi) is 6.04. The van der Waals surface area contributed by atoms with Gasteiger partial charge >= 0.3 is 5.97 Å². The zero-order valence-corrected chi connectivity index (χ0v) is 14.5. The lowest BCUT2D eigenvalue weighted by Crippen LogP contribution is -2.39. The molecule has 2 aromatic carbocycles. The van der Waals surface area contributed by atoms with Crippen LogP contribution in [0.2, 0.25) is 5.02 Å². The Morgan fingerprint density at radius 2 is 2.00 bits per heavy atom. The molecular formula is C18H19ClFNO3. The van der Waals surface area contributed by atoms with Gasteiger partial charge in [-0.2, -0.15) is 0 Å². The van der Waals surface area contributed by atoms with Gasteiger partial charge in [0.25, 0.3) is 0 Å². The molecule has 0 N–H and O–H groups in total. The first-order valence-electron chi connectivity index (χ1n) is 7.38. The summed E-state index contributed by atoms with van der Waals surface area (Å²) in [6.45, 7) is 2.14. The molecule has 0 radical (unpaired) electrons. The Morgan fingerprint density at radius 3 is 2.62 bits per heavy atom. The molecule has 128 valence electrons. The molecule has 0 aliphatic carbocycles. The van der Waals surface area contributed by atoms with E-state index in [4.69, 9.17) is 21.1 Å². The number of nitrogens with zero attached hydrogens (tertiary/aromatic N) is 1. The second kappa shape index (κ2) is 8.02. The third-order valence-electron chi connectivity index (χ3n) is 3.73. The second-order valence-electron chi connectivity index (χ2n) is 5.28. The van der Waals surface area contributed by atoms with Crippen molar-refractivity contribution in [3.63, 3.8) is 0 Å². The summed E-state index contributed by atoms with van der Waals surface area (Å²) in [5.41, 5.74) is 1.56. The summed E-state index contributed by atoms with van der Waals surface area (Å²) in [6.07, 6.45) is 0. The van der Waals surface area contributed by atoms with Gasteiger partial charge in [-0.3, -0.25) is 0 Å². The maximum Gasteiger partial charge on any atom is 0.328 e. The highest BCUT2D eigenvalue weighted by Crippen LogP contribution is 2.27. The minimum atomic E-state index is -0.567.